The van der Waals surface area contributed by atoms with E-state index in [1.807, 2.05) is 0 Å². The average molecular weight is 184 g/mol. The summed E-state index contributed by atoms with van der Waals surface area (Å²) in [5.74, 6) is 0. The van der Waals surface area contributed by atoms with Crippen LogP contribution in [0.15, 0.2) is 0 Å². The van der Waals surface area contributed by atoms with Crippen molar-refractivity contribution in [2.45, 2.75) is 38.8 Å². The van der Waals surface area contributed by atoms with E-state index < -0.39 is 0 Å². The number of morpholine rings is 1. The summed E-state index contributed by atoms with van der Waals surface area (Å²) >= 11 is 0. The molecule has 0 aromatic rings. The van der Waals surface area contributed by atoms with Crippen LogP contribution in [0.2, 0.25) is 0 Å². The van der Waals surface area contributed by atoms with E-state index in [9.17, 15) is 0 Å². The van der Waals surface area contributed by atoms with Crippen molar-refractivity contribution in [3.05, 3.63) is 0 Å². The molecule has 3 heteroatoms. The zero-order valence-electron chi connectivity index (χ0n) is 8.70. The van der Waals surface area contributed by atoms with Crippen molar-refractivity contribution in [3.8, 4) is 0 Å². The maximum Gasteiger partial charge on any atom is 0.0608 e. The first-order valence-corrected chi connectivity index (χ1v) is 5.40. The van der Waals surface area contributed by atoms with Crippen molar-refractivity contribution in [2.24, 2.45) is 0 Å². The van der Waals surface area contributed by atoms with Crippen molar-refractivity contribution in [2.75, 3.05) is 26.3 Å². The van der Waals surface area contributed by atoms with E-state index in [1.54, 1.807) is 0 Å². The van der Waals surface area contributed by atoms with Crippen molar-refractivity contribution in [1.82, 2.24) is 10.0 Å². The van der Waals surface area contributed by atoms with Crippen LogP contribution in [-0.4, -0.2) is 48.4 Å². The molecule has 0 saturated carbocycles. The lowest BCUT2D eigenvalue weighted by Crippen LogP contribution is -2.52. The van der Waals surface area contributed by atoms with Crippen LogP contribution in [0.4, 0.5) is 0 Å². The summed E-state index contributed by atoms with van der Waals surface area (Å²) in [7, 11) is 0. The molecule has 0 spiro atoms. The summed E-state index contributed by atoms with van der Waals surface area (Å²) in [5, 5.41) is 5.04. The van der Waals surface area contributed by atoms with Gasteiger partial charge in [-0.05, 0) is 26.7 Å². The summed E-state index contributed by atoms with van der Waals surface area (Å²) < 4.78 is 5.36. The smallest absolute Gasteiger partial charge is 0.0608 e. The Morgan fingerprint density at radius 3 is 2.08 bits per heavy atom. The topological polar surface area (TPSA) is 15.7 Å². The van der Waals surface area contributed by atoms with Crippen LogP contribution < -0.4 is 0 Å². The number of rotatable bonds is 1. The van der Waals surface area contributed by atoms with Crippen molar-refractivity contribution in [1.29, 1.82) is 0 Å². The third-order valence-electron chi connectivity index (χ3n) is 3.22. The second kappa shape index (κ2) is 3.95. The van der Waals surface area contributed by atoms with E-state index >= 15 is 0 Å². The van der Waals surface area contributed by atoms with Gasteiger partial charge in [0.05, 0.1) is 13.2 Å². The minimum absolute atomic E-state index is 0.730. The van der Waals surface area contributed by atoms with Crippen molar-refractivity contribution in [3.63, 3.8) is 0 Å². The van der Waals surface area contributed by atoms with Crippen LogP contribution in [0.1, 0.15) is 26.7 Å². The van der Waals surface area contributed by atoms with Gasteiger partial charge in [-0.3, -0.25) is 0 Å². The van der Waals surface area contributed by atoms with Gasteiger partial charge in [0.25, 0.3) is 0 Å². The minimum atomic E-state index is 0.730. The molecule has 2 atom stereocenters. The largest absolute Gasteiger partial charge is 0.379 e. The zero-order chi connectivity index (χ0) is 9.26. The fourth-order valence-corrected chi connectivity index (χ4v) is 2.52. The van der Waals surface area contributed by atoms with Crippen LogP contribution >= 0.6 is 0 Å². The van der Waals surface area contributed by atoms with Gasteiger partial charge in [0.2, 0.25) is 0 Å². The van der Waals surface area contributed by atoms with Crippen LogP contribution in [0.25, 0.3) is 0 Å². The molecule has 2 aliphatic rings. The van der Waals surface area contributed by atoms with Gasteiger partial charge in [-0.15, -0.1) is 0 Å². The lowest BCUT2D eigenvalue weighted by Gasteiger charge is -2.40. The van der Waals surface area contributed by atoms with Crippen LogP contribution in [-0.2, 0) is 4.74 Å². The van der Waals surface area contributed by atoms with Crippen LogP contribution in [0.5, 0.6) is 0 Å². The zero-order valence-corrected chi connectivity index (χ0v) is 8.70. The molecular weight excluding hydrogens is 164 g/mol. The lowest BCUT2D eigenvalue weighted by molar-refractivity contribution is -0.111. The molecule has 0 aromatic heterocycles. The molecule has 0 unspecified atom stereocenters. The molecule has 2 fully saturated rings. The van der Waals surface area contributed by atoms with Gasteiger partial charge >= 0.3 is 0 Å². The fourth-order valence-electron chi connectivity index (χ4n) is 2.52. The van der Waals surface area contributed by atoms with Crippen molar-refractivity contribution < 1.29 is 4.74 Å². The van der Waals surface area contributed by atoms with E-state index in [0.29, 0.717) is 0 Å². The highest BCUT2D eigenvalue weighted by atomic mass is 16.5. The van der Waals surface area contributed by atoms with E-state index in [-0.39, 0.29) is 0 Å². The third-order valence-corrected chi connectivity index (χ3v) is 3.22. The molecule has 0 radical (unpaired) electrons. The lowest BCUT2D eigenvalue weighted by atomic mass is 10.2. The van der Waals surface area contributed by atoms with Gasteiger partial charge in [-0.2, -0.15) is 0 Å². The Kier molecular flexibility index (Phi) is 2.86. The Labute approximate surface area is 80.6 Å². The third kappa shape index (κ3) is 1.87. The predicted molar refractivity (Wildman–Crippen MR) is 52.4 cm³/mol. The molecule has 13 heavy (non-hydrogen) atoms. The number of hydrogen-bond acceptors (Lipinski definition) is 3. The highest BCUT2D eigenvalue weighted by Gasteiger charge is 2.32. The van der Waals surface area contributed by atoms with Gasteiger partial charge in [0.15, 0.2) is 0 Å². The van der Waals surface area contributed by atoms with E-state index in [1.165, 1.54) is 12.8 Å². The van der Waals surface area contributed by atoms with Gasteiger partial charge in [0, 0.05) is 25.2 Å². The molecule has 2 rings (SSSR count). The summed E-state index contributed by atoms with van der Waals surface area (Å²) in [6.45, 7) is 8.62. The van der Waals surface area contributed by atoms with Gasteiger partial charge < -0.3 is 4.74 Å². The molecule has 76 valence electrons. The first-order valence-electron chi connectivity index (χ1n) is 5.40. The number of ether oxygens (including phenoxy) is 1. The van der Waals surface area contributed by atoms with Crippen molar-refractivity contribution >= 4 is 0 Å². The molecule has 0 aromatic carbocycles. The van der Waals surface area contributed by atoms with Crippen LogP contribution in [0.3, 0.4) is 0 Å². The first-order chi connectivity index (χ1) is 6.29. The SMILES string of the molecule is C[C@@H]1CC[C@H](C)N1N1CCOCC1. The fraction of sp³-hybridized carbons (Fsp3) is 1.00. The molecule has 0 amide bonds. The monoisotopic (exact) mass is 184 g/mol. The normalized spacial score (nSPS) is 38.3. The molecule has 2 heterocycles. The first kappa shape index (κ1) is 9.44. The second-order valence-corrected chi connectivity index (χ2v) is 4.22. The number of hydrazine groups is 1. The van der Waals surface area contributed by atoms with Gasteiger partial charge in [-0.25, -0.2) is 10.0 Å². The second-order valence-electron chi connectivity index (χ2n) is 4.22. The molecule has 0 bridgehead atoms. The van der Waals surface area contributed by atoms with Gasteiger partial charge in [0.1, 0.15) is 0 Å². The summed E-state index contributed by atoms with van der Waals surface area (Å²) in [6, 6.07) is 1.46. The highest BCUT2D eigenvalue weighted by Crippen LogP contribution is 2.25. The highest BCUT2D eigenvalue weighted by molar-refractivity contribution is 4.81. The Morgan fingerprint density at radius 2 is 1.54 bits per heavy atom. The molecule has 0 aliphatic carbocycles. The van der Waals surface area contributed by atoms with E-state index in [0.717, 1.165) is 38.4 Å². The minimum Gasteiger partial charge on any atom is -0.379 e. The maximum atomic E-state index is 5.36. The Bertz CT molecular complexity index is 158. The molecular formula is C10H20N2O. The van der Waals surface area contributed by atoms with Gasteiger partial charge in [-0.1, -0.05) is 0 Å². The Balaban J connectivity index is 1.96. The standard InChI is InChI=1S/C10H20N2O/c1-9-3-4-10(2)12(9)11-5-7-13-8-6-11/h9-10H,3-8H2,1-2H3/t9-,10+. The summed E-state index contributed by atoms with van der Waals surface area (Å²) in [4.78, 5) is 0. The predicted octanol–water partition coefficient (Wildman–Crippen LogP) is 1.11. The van der Waals surface area contributed by atoms with E-state index in [2.05, 4.69) is 23.9 Å². The summed E-state index contributed by atoms with van der Waals surface area (Å²) in [6.07, 6.45) is 2.69. The molecule has 2 saturated heterocycles. The quantitative estimate of drug-likeness (QED) is 0.607. The Morgan fingerprint density at radius 1 is 1.00 bits per heavy atom. The average Bonchev–Trinajstić information content (AvgIpc) is 2.48. The molecule has 0 N–H and O–H groups in total. The molecule has 3 nitrogen and oxygen atoms in total. The van der Waals surface area contributed by atoms with E-state index in [4.69, 9.17) is 4.74 Å². The van der Waals surface area contributed by atoms with Crippen LogP contribution in [0, 0.1) is 0 Å². The molecule has 2 aliphatic heterocycles. The number of hydrogen-bond donors (Lipinski definition) is 0. The Hall–Kier alpha value is -0.120. The maximum absolute atomic E-state index is 5.36. The summed E-state index contributed by atoms with van der Waals surface area (Å²) in [5.41, 5.74) is 0. The number of nitrogens with zero attached hydrogens (tertiary/aromatic N) is 2.